The summed E-state index contributed by atoms with van der Waals surface area (Å²) >= 11 is 0. The Kier molecular flexibility index (Phi) is 5.27. The molecule has 0 unspecified atom stereocenters. The molecule has 2 aliphatic rings. The summed E-state index contributed by atoms with van der Waals surface area (Å²) in [5, 5.41) is 17.8. The van der Waals surface area contributed by atoms with Crippen molar-refractivity contribution < 1.29 is 31.4 Å². The predicted octanol–water partition coefficient (Wildman–Crippen LogP) is 4.34. The molecule has 5 nitrogen and oxygen atoms in total. The van der Waals surface area contributed by atoms with Gasteiger partial charge in [0.25, 0.3) is 0 Å². The smallest absolute Gasteiger partial charge is 0.418 e. The van der Waals surface area contributed by atoms with Crippen molar-refractivity contribution in [2.75, 3.05) is 31.6 Å². The second kappa shape index (κ2) is 7.54. The molecule has 1 saturated heterocycles. The number of benzene rings is 1. The molecule has 1 fully saturated rings. The lowest BCUT2D eigenvalue weighted by Gasteiger charge is -2.36. The van der Waals surface area contributed by atoms with Crippen LogP contribution < -0.4 is 4.90 Å². The van der Waals surface area contributed by atoms with E-state index in [0.29, 0.717) is 25.2 Å². The third-order valence-corrected chi connectivity index (χ3v) is 5.83. The Balaban J connectivity index is 1.80. The number of likely N-dealkylation sites (N-methyl/N-ethyl adjacent to an activating group) is 1. The summed E-state index contributed by atoms with van der Waals surface area (Å²) in [5.74, 6) is -0.777. The lowest BCUT2D eigenvalue weighted by molar-refractivity contribution is -0.138. The van der Waals surface area contributed by atoms with Crippen molar-refractivity contribution in [3.63, 3.8) is 0 Å². The summed E-state index contributed by atoms with van der Waals surface area (Å²) in [7, 11) is 1.95. The van der Waals surface area contributed by atoms with E-state index in [1.54, 1.807) is 0 Å². The molecule has 0 spiro atoms. The number of nitrogens with zero attached hydrogens (tertiary/aromatic N) is 4. The molecule has 31 heavy (non-hydrogen) atoms. The zero-order chi connectivity index (χ0) is 22.6. The van der Waals surface area contributed by atoms with Crippen LogP contribution in [0.15, 0.2) is 18.2 Å². The van der Waals surface area contributed by atoms with E-state index in [-0.39, 0.29) is 23.8 Å². The van der Waals surface area contributed by atoms with Crippen LogP contribution in [0.25, 0.3) is 11.3 Å². The fraction of sp³-hybridized carbons (Fsp3) is 0.500. The van der Waals surface area contributed by atoms with E-state index >= 15 is 0 Å². The normalized spacial score (nSPS) is 20.2. The van der Waals surface area contributed by atoms with Crippen LogP contribution in [-0.4, -0.2) is 52.9 Å². The van der Waals surface area contributed by atoms with E-state index in [9.17, 15) is 31.4 Å². The van der Waals surface area contributed by atoms with Crippen molar-refractivity contribution in [2.24, 2.45) is 0 Å². The van der Waals surface area contributed by atoms with Gasteiger partial charge in [-0.2, -0.15) is 26.3 Å². The second-order valence-electron chi connectivity index (χ2n) is 7.95. The van der Waals surface area contributed by atoms with Gasteiger partial charge in [-0.1, -0.05) is 0 Å². The highest BCUT2D eigenvalue weighted by Crippen LogP contribution is 2.46. The number of hydrogen-bond acceptors (Lipinski definition) is 5. The van der Waals surface area contributed by atoms with Gasteiger partial charge in [0, 0.05) is 30.3 Å². The summed E-state index contributed by atoms with van der Waals surface area (Å²) in [6.45, 7) is 1.97. The van der Waals surface area contributed by atoms with E-state index < -0.39 is 40.5 Å². The maximum absolute atomic E-state index is 14.1. The van der Waals surface area contributed by atoms with Gasteiger partial charge in [-0.15, -0.1) is 10.2 Å². The molecule has 168 valence electrons. The van der Waals surface area contributed by atoms with Gasteiger partial charge < -0.3 is 14.9 Å². The number of anilines is 1. The lowest BCUT2D eigenvalue weighted by Crippen LogP contribution is -2.46. The molecule has 0 aliphatic carbocycles. The maximum atomic E-state index is 14.1. The van der Waals surface area contributed by atoms with Crippen LogP contribution in [0, 0.1) is 0 Å². The van der Waals surface area contributed by atoms with Gasteiger partial charge in [0.15, 0.2) is 5.82 Å². The van der Waals surface area contributed by atoms with E-state index in [1.165, 1.54) is 0 Å². The maximum Gasteiger partial charge on any atom is 0.418 e. The topological polar surface area (TPSA) is 52.5 Å². The van der Waals surface area contributed by atoms with Gasteiger partial charge in [0.2, 0.25) is 0 Å². The molecular weight excluding hydrogens is 426 g/mol. The first-order chi connectivity index (χ1) is 14.5. The number of phenolic OH excluding ortho intramolecular Hbond substituents is 1. The number of alkyl halides is 6. The Morgan fingerprint density at radius 3 is 2.39 bits per heavy atom. The number of hydrogen-bond donors (Lipinski definition) is 1. The molecule has 1 aromatic carbocycles. The highest BCUT2D eigenvalue weighted by atomic mass is 19.4. The quantitative estimate of drug-likeness (QED) is 0.696. The summed E-state index contributed by atoms with van der Waals surface area (Å²) in [6.07, 6.45) is -7.71. The lowest BCUT2D eigenvalue weighted by atomic mass is 9.98. The molecule has 0 radical (unpaired) electrons. The third kappa shape index (κ3) is 4.02. The molecule has 0 saturated carbocycles. The number of likely N-dealkylation sites (tertiary alicyclic amines) is 1. The first kappa shape index (κ1) is 21.7. The molecule has 2 aromatic rings. The van der Waals surface area contributed by atoms with E-state index in [4.69, 9.17) is 0 Å². The van der Waals surface area contributed by atoms with Gasteiger partial charge in [0.05, 0.1) is 11.1 Å². The highest BCUT2D eigenvalue weighted by molar-refractivity contribution is 5.74. The van der Waals surface area contributed by atoms with Crippen LogP contribution in [0.1, 0.15) is 29.5 Å². The van der Waals surface area contributed by atoms with E-state index in [0.717, 1.165) is 25.5 Å². The first-order valence-corrected chi connectivity index (χ1v) is 9.79. The minimum absolute atomic E-state index is 0.0145. The molecule has 11 heteroatoms. The van der Waals surface area contributed by atoms with Gasteiger partial charge in [-0.25, -0.2) is 0 Å². The summed E-state index contributed by atoms with van der Waals surface area (Å²) in [6, 6.07) is 1.83. The van der Waals surface area contributed by atoms with Crippen molar-refractivity contribution in [2.45, 2.75) is 37.7 Å². The molecule has 0 amide bonds. The Morgan fingerprint density at radius 2 is 1.77 bits per heavy atom. The molecule has 2 aliphatic heterocycles. The Hall–Kier alpha value is -2.56. The summed E-state index contributed by atoms with van der Waals surface area (Å²) in [5.41, 5.74) is -3.36. The van der Waals surface area contributed by atoms with Gasteiger partial charge in [0.1, 0.15) is 11.4 Å². The van der Waals surface area contributed by atoms with Crippen LogP contribution in [0.4, 0.5) is 32.2 Å². The summed E-state index contributed by atoms with van der Waals surface area (Å²) in [4.78, 5) is 3.95. The van der Waals surface area contributed by atoms with Crippen molar-refractivity contribution in [3.05, 3.63) is 34.9 Å². The number of fused-ring (bicyclic) bond motifs is 1. The molecule has 3 heterocycles. The highest BCUT2D eigenvalue weighted by Gasteiger charge is 2.43. The monoisotopic (exact) mass is 446 g/mol. The molecule has 4 rings (SSSR count). The molecular formula is C20H20F6N4O. The zero-order valence-corrected chi connectivity index (χ0v) is 16.6. The second-order valence-corrected chi connectivity index (χ2v) is 7.95. The van der Waals surface area contributed by atoms with Gasteiger partial charge >= 0.3 is 12.4 Å². The number of piperidine rings is 1. The minimum Gasteiger partial charge on any atom is -0.507 e. The van der Waals surface area contributed by atoms with Crippen LogP contribution >= 0.6 is 0 Å². The van der Waals surface area contributed by atoms with Crippen molar-refractivity contribution >= 4 is 5.82 Å². The van der Waals surface area contributed by atoms with Crippen LogP contribution in [-0.2, 0) is 18.8 Å². The standard InChI is InChI=1S/C20H20F6N4O/c1-29-7-2-3-12(10-29)30-8-6-14-16(20(24,25)26)17(27-28-18(14)30)13-5-4-11(9-15(13)31)19(21,22)23/h4-5,9,12,31H,2-3,6-8,10H2,1H3/t12-/m1/s1. The van der Waals surface area contributed by atoms with Crippen LogP contribution in [0.2, 0.25) is 0 Å². The Labute approximate surface area is 174 Å². The Bertz CT molecular complexity index is 991. The SMILES string of the molecule is CN1CCC[C@@H](N2CCc3c2nnc(-c2ccc(C(F)(F)F)cc2O)c3C(F)(F)F)C1. The predicted molar refractivity (Wildman–Crippen MR) is 101 cm³/mol. The van der Waals surface area contributed by atoms with Crippen molar-refractivity contribution in [1.82, 2.24) is 15.1 Å². The third-order valence-electron chi connectivity index (χ3n) is 5.83. The average Bonchev–Trinajstić information content (AvgIpc) is 3.09. The fourth-order valence-electron chi connectivity index (χ4n) is 4.42. The largest absolute Gasteiger partial charge is 0.507 e. The number of aromatic nitrogens is 2. The first-order valence-electron chi connectivity index (χ1n) is 9.79. The van der Waals surface area contributed by atoms with E-state index in [2.05, 4.69) is 15.1 Å². The molecule has 1 atom stereocenters. The van der Waals surface area contributed by atoms with Crippen LogP contribution in [0.5, 0.6) is 5.75 Å². The average molecular weight is 446 g/mol. The number of rotatable bonds is 2. The summed E-state index contributed by atoms with van der Waals surface area (Å²) < 4.78 is 80.8. The Morgan fingerprint density at radius 1 is 1.03 bits per heavy atom. The van der Waals surface area contributed by atoms with Gasteiger partial charge in [-0.3, -0.25) is 0 Å². The number of halogens is 6. The number of phenols is 1. The van der Waals surface area contributed by atoms with Crippen LogP contribution in [0.3, 0.4) is 0 Å². The van der Waals surface area contributed by atoms with Crippen molar-refractivity contribution in [3.8, 4) is 17.0 Å². The molecule has 1 aromatic heterocycles. The van der Waals surface area contributed by atoms with E-state index in [1.807, 2.05) is 11.9 Å². The van der Waals surface area contributed by atoms with Gasteiger partial charge in [-0.05, 0) is 51.1 Å². The number of aromatic hydroxyl groups is 1. The minimum atomic E-state index is -4.82. The molecule has 0 bridgehead atoms. The fourth-order valence-corrected chi connectivity index (χ4v) is 4.42. The molecule has 1 N–H and O–H groups in total. The van der Waals surface area contributed by atoms with Crippen molar-refractivity contribution in [1.29, 1.82) is 0 Å². The zero-order valence-electron chi connectivity index (χ0n) is 16.6.